The maximum absolute atomic E-state index is 11.5. The van der Waals surface area contributed by atoms with Crippen molar-refractivity contribution in [1.82, 2.24) is 0 Å². The summed E-state index contributed by atoms with van der Waals surface area (Å²) in [6.45, 7) is 2.11. The van der Waals surface area contributed by atoms with Crippen LogP contribution in [0.5, 0.6) is 5.75 Å². The van der Waals surface area contributed by atoms with E-state index in [0.717, 1.165) is 11.3 Å². The standard InChI is InChI=1S/C14H14O4/c1-3-17-14(15)11-8-13(18-9-11)10-5-4-6-12(7-10)16-2/h4-9H,3H2,1-2H3. The minimum Gasteiger partial charge on any atom is -0.497 e. The van der Waals surface area contributed by atoms with Crippen LogP contribution in [-0.4, -0.2) is 19.7 Å². The van der Waals surface area contributed by atoms with Crippen molar-refractivity contribution in [2.24, 2.45) is 0 Å². The van der Waals surface area contributed by atoms with Crippen molar-refractivity contribution in [2.75, 3.05) is 13.7 Å². The molecule has 0 atom stereocenters. The zero-order valence-corrected chi connectivity index (χ0v) is 10.3. The largest absolute Gasteiger partial charge is 0.497 e. The number of carbonyl (C=O) groups is 1. The Bertz CT molecular complexity index is 542. The second kappa shape index (κ2) is 5.40. The van der Waals surface area contributed by atoms with Gasteiger partial charge in [-0.2, -0.15) is 0 Å². The fourth-order valence-electron chi connectivity index (χ4n) is 1.59. The molecule has 1 aromatic carbocycles. The van der Waals surface area contributed by atoms with E-state index < -0.39 is 0 Å². The number of hydrogen-bond acceptors (Lipinski definition) is 4. The first-order chi connectivity index (χ1) is 8.74. The lowest BCUT2D eigenvalue weighted by Gasteiger charge is -2.01. The summed E-state index contributed by atoms with van der Waals surface area (Å²) in [7, 11) is 1.60. The monoisotopic (exact) mass is 246 g/mol. The quantitative estimate of drug-likeness (QED) is 0.777. The van der Waals surface area contributed by atoms with Gasteiger partial charge in [0.05, 0.1) is 19.3 Å². The fourth-order valence-corrected chi connectivity index (χ4v) is 1.59. The van der Waals surface area contributed by atoms with Crippen LogP contribution in [0.1, 0.15) is 17.3 Å². The molecular weight excluding hydrogens is 232 g/mol. The first-order valence-electron chi connectivity index (χ1n) is 5.64. The summed E-state index contributed by atoms with van der Waals surface area (Å²) >= 11 is 0. The Morgan fingerprint density at radius 2 is 2.17 bits per heavy atom. The zero-order valence-electron chi connectivity index (χ0n) is 10.3. The Hall–Kier alpha value is -2.23. The third kappa shape index (κ3) is 2.53. The van der Waals surface area contributed by atoms with Crippen LogP contribution < -0.4 is 4.74 Å². The molecule has 18 heavy (non-hydrogen) atoms. The molecule has 0 fully saturated rings. The van der Waals surface area contributed by atoms with Crippen LogP contribution in [0.15, 0.2) is 41.0 Å². The number of hydrogen-bond donors (Lipinski definition) is 0. The smallest absolute Gasteiger partial charge is 0.341 e. The van der Waals surface area contributed by atoms with Crippen LogP contribution in [0.25, 0.3) is 11.3 Å². The van der Waals surface area contributed by atoms with Gasteiger partial charge in [-0.1, -0.05) is 12.1 Å². The number of furan rings is 1. The molecule has 0 radical (unpaired) electrons. The summed E-state index contributed by atoms with van der Waals surface area (Å²) in [6, 6.07) is 9.09. The number of benzene rings is 1. The summed E-state index contributed by atoms with van der Waals surface area (Å²) in [5, 5.41) is 0. The molecule has 0 amide bonds. The molecular formula is C14H14O4. The minimum atomic E-state index is -0.379. The van der Waals surface area contributed by atoms with Crippen molar-refractivity contribution in [2.45, 2.75) is 6.92 Å². The van der Waals surface area contributed by atoms with Crippen LogP contribution in [-0.2, 0) is 4.74 Å². The Morgan fingerprint density at radius 3 is 2.89 bits per heavy atom. The lowest BCUT2D eigenvalue weighted by molar-refractivity contribution is 0.0525. The number of ether oxygens (including phenoxy) is 2. The van der Waals surface area contributed by atoms with Crippen molar-refractivity contribution in [3.8, 4) is 17.1 Å². The van der Waals surface area contributed by atoms with Crippen LogP contribution in [0.3, 0.4) is 0 Å². The van der Waals surface area contributed by atoms with Crippen LogP contribution in [0, 0.1) is 0 Å². The van der Waals surface area contributed by atoms with Gasteiger partial charge in [0, 0.05) is 5.56 Å². The van der Waals surface area contributed by atoms with Gasteiger partial charge in [-0.05, 0) is 25.1 Å². The van der Waals surface area contributed by atoms with E-state index in [4.69, 9.17) is 13.9 Å². The van der Waals surface area contributed by atoms with Crippen LogP contribution in [0.4, 0.5) is 0 Å². The molecule has 94 valence electrons. The molecule has 0 bridgehead atoms. The Morgan fingerprint density at radius 1 is 1.33 bits per heavy atom. The first-order valence-corrected chi connectivity index (χ1v) is 5.64. The molecule has 2 aromatic rings. The van der Waals surface area contributed by atoms with E-state index in [9.17, 15) is 4.79 Å². The van der Waals surface area contributed by atoms with Gasteiger partial charge in [0.25, 0.3) is 0 Å². The molecule has 4 nitrogen and oxygen atoms in total. The molecule has 2 rings (SSSR count). The highest BCUT2D eigenvalue weighted by Crippen LogP contribution is 2.25. The van der Waals surface area contributed by atoms with Gasteiger partial charge in [0.1, 0.15) is 17.8 Å². The third-order valence-corrected chi connectivity index (χ3v) is 2.46. The highest BCUT2D eigenvalue weighted by Gasteiger charge is 2.12. The van der Waals surface area contributed by atoms with Crippen molar-refractivity contribution >= 4 is 5.97 Å². The van der Waals surface area contributed by atoms with Crippen molar-refractivity contribution in [3.05, 3.63) is 42.2 Å². The third-order valence-electron chi connectivity index (χ3n) is 2.46. The fraction of sp³-hybridized carbons (Fsp3) is 0.214. The van der Waals surface area contributed by atoms with Crippen LogP contribution in [0.2, 0.25) is 0 Å². The summed E-state index contributed by atoms with van der Waals surface area (Å²) in [5.41, 5.74) is 1.26. The molecule has 4 heteroatoms. The van der Waals surface area contributed by atoms with E-state index in [0.29, 0.717) is 17.9 Å². The summed E-state index contributed by atoms with van der Waals surface area (Å²) in [4.78, 5) is 11.5. The average Bonchev–Trinajstić information content (AvgIpc) is 2.89. The van der Waals surface area contributed by atoms with Crippen LogP contribution >= 0.6 is 0 Å². The molecule has 1 heterocycles. The SMILES string of the molecule is CCOC(=O)c1coc(-c2cccc(OC)c2)c1. The van der Waals surface area contributed by atoms with Gasteiger partial charge in [0.2, 0.25) is 0 Å². The van der Waals surface area contributed by atoms with Crippen molar-refractivity contribution < 1.29 is 18.7 Å². The molecule has 0 aliphatic rings. The van der Waals surface area contributed by atoms with E-state index in [-0.39, 0.29) is 5.97 Å². The number of methoxy groups -OCH3 is 1. The van der Waals surface area contributed by atoms with E-state index in [2.05, 4.69) is 0 Å². The number of rotatable bonds is 4. The number of esters is 1. The predicted octanol–water partition coefficient (Wildman–Crippen LogP) is 3.13. The lowest BCUT2D eigenvalue weighted by atomic mass is 10.1. The van der Waals surface area contributed by atoms with E-state index >= 15 is 0 Å². The van der Waals surface area contributed by atoms with E-state index in [1.165, 1.54) is 6.26 Å². The number of carbonyl (C=O) groups excluding carboxylic acids is 1. The van der Waals surface area contributed by atoms with Gasteiger partial charge in [-0.25, -0.2) is 4.79 Å². The highest BCUT2D eigenvalue weighted by atomic mass is 16.5. The summed E-state index contributed by atoms with van der Waals surface area (Å²) in [5.74, 6) is 0.967. The Balaban J connectivity index is 2.26. The molecule has 0 unspecified atom stereocenters. The normalized spacial score (nSPS) is 10.1. The molecule has 0 saturated heterocycles. The lowest BCUT2D eigenvalue weighted by Crippen LogP contribution is -2.02. The highest BCUT2D eigenvalue weighted by molar-refractivity contribution is 5.90. The van der Waals surface area contributed by atoms with Gasteiger partial charge in [-0.3, -0.25) is 0 Å². The molecule has 0 saturated carbocycles. The summed E-state index contributed by atoms with van der Waals surface area (Å²) in [6.07, 6.45) is 1.40. The molecule has 0 aliphatic carbocycles. The zero-order chi connectivity index (χ0) is 13.0. The second-order valence-electron chi connectivity index (χ2n) is 3.65. The Kier molecular flexibility index (Phi) is 3.67. The van der Waals surface area contributed by atoms with Crippen molar-refractivity contribution in [3.63, 3.8) is 0 Å². The average molecular weight is 246 g/mol. The predicted molar refractivity (Wildman–Crippen MR) is 66.7 cm³/mol. The maximum atomic E-state index is 11.5. The Labute approximate surface area is 105 Å². The first kappa shape index (κ1) is 12.2. The van der Waals surface area contributed by atoms with E-state index in [1.807, 2.05) is 24.3 Å². The molecule has 1 aromatic heterocycles. The second-order valence-corrected chi connectivity index (χ2v) is 3.65. The molecule has 0 spiro atoms. The van der Waals surface area contributed by atoms with Gasteiger partial charge < -0.3 is 13.9 Å². The summed E-state index contributed by atoms with van der Waals surface area (Å²) < 4.78 is 15.4. The maximum Gasteiger partial charge on any atom is 0.341 e. The van der Waals surface area contributed by atoms with Gasteiger partial charge >= 0.3 is 5.97 Å². The van der Waals surface area contributed by atoms with Gasteiger partial charge in [-0.15, -0.1) is 0 Å². The van der Waals surface area contributed by atoms with Gasteiger partial charge in [0.15, 0.2) is 0 Å². The molecule has 0 aliphatic heterocycles. The minimum absolute atomic E-state index is 0.346. The van der Waals surface area contributed by atoms with Crippen molar-refractivity contribution in [1.29, 1.82) is 0 Å². The van der Waals surface area contributed by atoms with E-state index in [1.54, 1.807) is 20.1 Å². The molecule has 0 N–H and O–H groups in total. The topological polar surface area (TPSA) is 48.7 Å².